The van der Waals surface area contributed by atoms with Crippen LogP contribution in [0.4, 0.5) is 11.4 Å². The summed E-state index contributed by atoms with van der Waals surface area (Å²) in [7, 11) is 0. The lowest BCUT2D eigenvalue weighted by atomic mass is 10.0. The topological polar surface area (TPSA) is 58.2 Å². The highest BCUT2D eigenvalue weighted by Crippen LogP contribution is 2.29. The molecule has 1 unspecified atom stereocenters. The summed E-state index contributed by atoms with van der Waals surface area (Å²) in [4.78, 5) is 26.1. The monoisotopic (exact) mass is 458 g/mol. The SMILES string of the molecule is CCC(Sc1cccc(NC(=O)/C=C/c2ccccc2)c1)C(=O)Nc1ccc(C(C)C)cc1. The first-order valence-corrected chi connectivity index (χ1v) is 12.0. The second-order valence-electron chi connectivity index (χ2n) is 8.04. The van der Waals surface area contributed by atoms with Gasteiger partial charge < -0.3 is 10.6 Å². The van der Waals surface area contributed by atoms with Gasteiger partial charge in [-0.15, -0.1) is 11.8 Å². The van der Waals surface area contributed by atoms with Crippen LogP contribution in [0.1, 0.15) is 44.2 Å². The molecule has 0 bridgehead atoms. The summed E-state index contributed by atoms with van der Waals surface area (Å²) in [5, 5.41) is 5.67. The van der Waals surface area contributed by atoms with E-state index in [4.69, 9.17) is 0 Å². The number of carbonyl (C=O) groups is 2. The van der Waals surface area contributed by atoms with Gasteiger partial charge in [-0.25, -0.2) is 0 Å². The predicted octanol–water partition coefficient (Wildman–Crippen LogP) is 6.97. The number of thioether (sulfide) groups is 1. The molecular formula is C28H30N2O2S. The molecule has 170 valence electrons. The molecule has 0 saturated carbocycles. The van der Waals surface area contributed by atoms with Gasteiger partial charge in [-0.3, -0.25) is 9.59 Å². The van der Waals surface area contributed by atoms with Gasteiger partial charge in [0.15, 0.2) is 0 Å². The maximum absolute atomic E-state index is 12.8. The van der Waals surface area contributed by atoms with Gasteiger partial charge in [0.25, 0.3) is 0 Å². The van der Waals surface area contributed by atoms with E-state index in [1.54, 1.807) is 6.08 Å². The maximum atomic E-state index is 12.8. The molecule has 5 heteroatoms. The van der Waals surface area contributed by atoms with E-state index in [9.17, 15) is 9.59 Å². The molecule has 4 nitrogen and oxygen atoms in total. The summed E-state index contributed by atoms with van der Waals surface area (Å²) in [5.74, 6) is 0.228. The molecule has 2 N–H and O–H groups in total. The molecule has 0 spiro atoms. The zero-order chi connectivity index (χ0) is 23.6. The Morgan fingerprint density at radius 1 is 0.879 bits per heavy atom. The van der Waals surface area contributed by atoms with Crippen LogP contribution in [0.2, 0.25) is 0 Å². The molecule has 0 aromatic heterocycles. The molecule has 0 aliphatic heterocycles. The first kappa shape index (κ1) is 24.3. The van der Waals surface area contributed by atoms with E-state index in [1.165, 1.54) is 23.4 Å². The maximum Gasteiger partial charge on any atom is 0.248 e. The van der Waals surface area contributed by atoms with Crippen LogP contribution < -0.4 is 10.6 Å². The van der Waals surface area contributed by atoms with Crippen LogP contribution in [0.3, 0.4) is 0 Å². The Hall–Kier alpha value is -3.31. The molecular weight excluding hydrogens is 428 g/mol. The number of amides is 2. The normalized spacial score (nSPS) is 12.0. The number of hydrogen-bond donors (Lipinski definition) is 2. The third-order valence-corrected chi connectivity index (χ3v) is 6.47. The molecule has 0 saturated heterocycles. The van der Waals surface area contributed by atoms with Gasteiger partial charge in [0.1, 0.15) is 0 Å². The summed E-state index contributed by atoms with van der Waals surface area (Å²) in [6, 6.07) is 25.2. The highest BCUT2D eigenvalue weighted by Gasteiger charge is 2.18. The fourth-order valence-corrected chi connectivity index (χ4v) is 4.24. The first-order valence-electron chi connectivity index (χ1n) is 11.2. The molecule has 2 amide bonds. The van der Waals surface area contributed by atoms with E-state index >= 15 is 0 Å². The predicted molar refractivity (Wildman–Crippen MR) is 140 cm³/mol. The zero-order valence-electron chi connectivity index (χ0n) is 19.2. The van der Waals surface area contributed by atoms with E-state index in [0.717, 1.165) is 16.1 Å². The second-order valence-corrected chi connectivity index (χ2v) is 9.32. The van der Waals surface area contributed by atoms with Crippen molar-refractivity contribution in [2.24, 2.45) is 0 Å². The molecule has 3 aromatic carbocycles. The first-order chi connectivity index (χ1) is 15.9. The second kappa shape index (κ2) is 12.1. The highest BCUT2D eigenvalue weighted by atomic mass is 32.2. The Kier molecular flexibility index (Phi) is 8.90. The number of benzene rings is 3. The van der Waals surface area contributed by atoms with E-state index in [-0.39, 0.29) is 17.1 Å². The Bertz CT molecular complexity index is 1090. The van der Waals surface area contributed by atoms with Crippen LogP contribution in [0.25, 0.3) is 6.08 Å². The van der Waals surface area contributed by atoms with Crippen LogP contribution in [-0.4, -0.2) is 17.1 Å². The lowest BCUT2D eigenvalue weighted by molar-refractivity contribution is -0.115. The number of nitrogens with one attached hydrogen (secondary N) is 2. The van der Waals surface area contributed by atoms with Crippen LogP contribution in [0.15, 0.2) is 89.8 Å². The third-order valence-electron chi connectivity index (χ3n) is 5.11. The molecule has 0 aliphatic carbocycles. The molecule has 0 radical (unpaired) electrons. The Morgan fingerprint density at radius 2 is 1.61 bits per heavy atom. The largest absolute Gasteiger partial charge is 0.325 e. The minimum absolute atomic E-state index is 0.0277. The van der Waals surface area contributed by atoms with Crippen molar-refractivity contribution in [2.75, 3.05) is 10.6 Å². The number of hydrogen-bond acceptors (Lipinski definition) is 3. The molecule has 0 fully saturated rings. The standard InChI is InChI=1S/C28H30N2O2S/c1-4-26(28(32)30-23-16-14-22(15-17-23)20(2)3)33-25-12-8-11-24(19-25)29-27(31)18-13-21-9-6-5-7-10-21/h5-20,26H,4H2,1-3H3,(H,29,31)(H,30,32)/b18-13+. The molecule has 3 aromatic rings. The van der Waals surface area contributed by atoms with Crippen LogP contribution in [-0.2, 0) is 9.59 Å². The molecule has 0 aliphatic rings. The van der Waals surface area contributed by atoms with E-state index in [1.807, 2.05) is 85.8 Å². The minimum atomic E-state index is -0.237. The molecule has 33 heavy (non-hydrogen) atoms. The average molecular weight is 459 g/mol. The number of anilines is 2. The van der Waals surface area contributed by atoms with E-state index < -0.39 is 0 Å². The van der Waals surface area contributed by atoms with Gasteiger partial charge in [-0.2, -0.15) is 0 Å². The van der Waals surface area contributed by atoms with Gasteiger partial charge in [0.2, 0.25) is 11.8 Å². The third kappa shape index (κ3) is 7.65. The van der Waals surface area contributed by atoms with E-state index in [0.29, 0.717) is 18.0 Å². The van der Waals surface area contributed by atoms with Crippen molar-refractivity contribution in [1.82, 2.24) is 0 Å². The summed E-state index contributed by atoms with van der Waals surface area (Å²) >= 11 is 1.49. The smallest absolute Gasteiger partial charge is 0.248 e. The van der Waals surface area contributed by atoms with Crippen LogP contribution >= 0.6 is 11.8 Å². The van der Waals surface area contributed by atoms with Crippen molar-refractivity contribution in [2.45, 2.75) is 43.3 Å². The fraction of sp³-hybridized carbons (Fsp3) is 0.214. The fourth-order valence-electron chi connectivity index (χ4n) is 3.23. The van der Waals surface area contributed by atoms with Gasteiger partial charge in [-0.05, 0) is 59.9 Å². The van der Waals surface area contributed by atoms with Crippen molar-refractivity contribution in [1.29, 1.82) is 0 Å². The quantitative estimate of drug-likeness (QED) is 0.269. The van der Waals surface area contributed by atoms with Crippen molar-refractivity contribution < 1.29 is 9.59 Å². The van der Waals surface area contributed by atoms with Gasteiger partial charge in [0.05, 0.1) is 5.25 Å². The van der Waals surface area contributed by atoms with Crippen LogP contribution in [0.5, 0.6) is 0 Å². The van der Waals surface area contributed by atoms with Crippen molar-refractivity contribution in [3.8, 4) is 0 Å². The van der Waals surface area contributed by atoms with Crippen molar-refractivity contribution >= 4 is 41.0 Å². The lowest BCUT2D eigenvalue weighted by Gasteiger charge is -2.16. The van der Waals surface area contributed by atoms with Crippen molar-refractivity contribution in [3.63, 3.8) is 0 Å². The highest BCUT2D eigenvalue weighted by molar-refractivity contribution is 8.00. The number of rotatable bonds is 9. The Labute approximate surface area is 200 Å². The molecule has 3 rings (SSSR count). The molecule has 0 heterocycles. The van der Waals surface area contributed by atoms with Gasteiger partial charge >= 0.3 is 0 Å². The van der Waals surface area contributed by atoms with Gasteiger partial charge in [-0.1, -0.05) is 69.3 Å². The minimum Gasteiger partial charge on any atom is -0.325 e. The molecule has 1 atom stereocenters. The van der Waals surface area contributed by atoms with Crippen molar-refractivity contribution in [3.05, 3.63) is 96.1 Å². The summed E-state index contributed by atoms with van der Waals surface area (Å²) in [6.45, 7) is 6.29. The van der Waals surface area contributed by atoms with Crippen LogP contribution in [0, 0.1) is 0 Å². The Morgan fingerprint density at radius 3 is 2.27 bits per heavy atom. The summed E-state index contributed by atoms with van der Waals surface area (Å²) in [5.41, 5.74) is 3.71. The number of carbonyl (C=O) groups excluding carboxylic acids is 2. The van der Waals surface area contributed by atoms with Gasteiger partial charge in [0, 0.05) is 22.3 Å². The zero-order valence-corrected chi connectivity index (χ0v) is 20.1. The summed E-state index contributed by atoms with van der Waals surface area (Å²) < 4.78 is 0. The average Bonchev–Trinajstić information content (AvgIpc) is 2.82. The summed E-state index contributed by atoms with van der Waals surface area (Å²) in [6.07, 6.45) is 3.98. The Balaban J connectivity index is 1.59. The van der Waals surface area contributed by atoms with E-state index in [2.05, 4.69) is 24.5 Å². The lowest BCUT2D eigenvalue weighted by Crippen LogP contribution is -2.24.